The summed E-state index contributed by atoms with van der Waals surface area (Å²) >= 11 is 0. The van der Waals surface area contributed by atoms with E-state index < -0.39 is 12.1 Å². The third kappa shape index (κ3) is 6.30. The molecular formula is C34H36F2N6O3. The Morgan fingerprint density at radius 3 is 2.42 bits per heavy atom. The molecule has 3 amide bonds. The van der Waals surface area contributed by atoms with Crippen LogP contribution in [0.25, 0.3) is 22.2 Å². The molecule has 0 saturated carbocycles. The average molecular weight is 615 g/mol. The number of aromatic amines is 1. The zero-order valence-electron chi connectivity index (χ0n) is 25.2. The molecule has 2 aliphatic rings. The highest BCUT2D eigenvalue weighted by Crippen LogP contribution is 2.39. The zero-order chi connectivity index (χ0) is 31.7. The largest absolute Gasteiger partial charge is 0.341 e. The Morgan fingerprint density at radius 2 is 1.71 bits per heavy atom. The van der Waals surface area contributed by atoms with Crippen LogP contribution in [0.15, 0.2) is 66.7 Å². The molecule has 45 heavy (non-hydrogen) atoms. The number of hydrogen-bond donors (Lipinski definition) is 3. The van der Waals surface area contributed by atoms with Gasteiger partial charge in [0.25, 0.3) is 0 Å². The lowest BCUT2D eigenvalue weighted by molar-refractivity contribution is -0.143. The quantitative estimate of drug-likeness (QED) is 0.290. The number of benzene rings is 3. The number of para-hydroxylation sites is 1. The molecule has 4 aromatic rings. The first-order chi connectivity index (χ1) is 21.7. The van der Waals surface area contributed by atoms with Gasteiger partial charge in [-0.15, -0.1) is 0 Å². The molecule has 234 valence electrons. The van der Waals surface area contributed by atoms with Crippen molar-refractivity contribution in [1.82, 2.24) is 30.4 Å². The number of imidazole rings is 1. The second-order valence-corrected chi connectivity index (χ2v) is 11.8. The molecule has 2 aliphatic heterocycles. The van der Waals surface area contributed by atoms with Crippen molar-refractivity contribution in [3.8, 4) is 11.1 Å². The summed E-state index contributed by atoms with van der Waals surface area (Å²) in [5.41, 5.74) is 3.89. The summed E-state index contributed by atoms with van der Waals surface area (Å²) in [6.07, 6.45) is 2.02. The van der Waals surface area contributed by atoms with Gasteiger partial charge in [-0.2, -0.15) is 0 Å². The minimum absolute atomic E-state index is 0.0197. The number of carbonyl (C=O) groups excluding carboxylic acids is 3. The Balaban J connectivity index is 1.29. The van der Waals surface area contributed by atoms with Crippen LogP contribution in [-0.4, -0.2) is 75.8 Å². The van der Waals surface area contributed by atoms with E-state index >= 15 is 0 Å². The number of nitrogens with zero attached hydrogens (tertiary/aromatic N) is 3. The van der Waals surface area contributed by atoms with Gasteiger partial charge >= 0.3 is 0 Å². The predicted octanol–water partition coefficient (Wildman–Crippen LogP) is 4.11. The van der Waals surface area contributed by atoms with E-state index in [0.29, 0.717) is 37.2 Å². The third-order valence-electron chi connectivity index (χ3n) is 8.96. The van der Waals surface area contributed by atoms with Crippen LogP contribution in [0.5, 0.6) is 0 Å². The van der Waals surface area contributed by atoms with Gasteiger partial charge in [0.05, 0.1) is 29.5 Å². The van der Waals surface area contributed by atoms with Gasteiger partial charge in [-0.3, -0.25) is 14.4 Å². The number of H-pyrrole nitrogens is 1. The topological polar surface area (TPSA) is 110 Å². The monoisotopic (exact) mass is 614 g/mol. The normalized spacial score (nSPS) is 20.9. The molecule has 3 heterocycles. The summed E-state index contributed by atoms with van der Waals surface area (Å²) in [6.45, 7) is 2.13. The molecule has 6 rings (SSSR count). The lowest BCUT2D eigenvalue weighted by Crippen LogP contribution is -2.60. The maximum absolute atomic E-state index is 14.3. The van der Waals surface area contributed by atoms with Gasteiger partial charge in [0, 0.05) is 24.7 Å². The molecule has 2 saturated heterocycles. The van der Waals surface area contributed by atoms with Gasteiger partial charge in [-0.05, 0) is 74.7 Å². The molecule has 4 atom stereocenters. The van der Waals surface area contributed by atoms with Gasteiger partial charge in [0.15, 0.2) is 0 Å². The smallest absolute Gasteiger partial charge is 0.247 e. The Hall–Kier alpha value is -4.64. The van der Waals surface area contributed by atoms with Crippen LogP contribution in [0.1, 0.15) is 43.6 Å². The molecule has 0 bridgehead atoms. The minimum atomic E-state index is -0.965. The summed E-state index contributed by atoms with van der Waals surface area (Å²) < 4.78 is 27.0. The highest BCUT2D eigenvalue weighted by atomic mass is 19.1. The number of rotatable bonds is 7. The number of halogens is 2. The number of fused-ring (bicyclic) bond motifs is 2. The molecule has 0 radical (unpaired) electrons. The lowest BCUT2D eigenvalue weighted by atomic mass is 10.0. The second kappa shape index (κ2) is 12.8. The van der Waals surface area contributed by atoms with Crippen LogP contribution >= 0.6 is 0 Å². The fourth-order valence-electron chi connectivity index (χ4n) is 6.36. The first-order valence-corrected chi connectivity index (χ1v) is 15.3. The highest BCUT2D eigenvalue weighted by molar-refractivity contribution is 5.93. The van der Waals surface area contributed by atoms with Gasteiger partial charge in [0.2, 0.25) is 17.7 Å². The van der Waals surface area contributed by atoms with E-state index in [2.05, 4.69) is 15.6 Å². The third-order valence-corrected chi connectivity index (χ3v) is 8.96. The van der Waals surface area contributed by atoms with Gasteiger partial charge < -0.3 is 25.4 Å². The summed E-state index contributed by atoms with van der Waals surface area (Å²) in [6, 6.07) is 15.8. The second-order valence-electron chi connectivity index (χ2n) is 11.8. The Labute approximate surface area is 260 Å². The summed E-state index contributed by atoms with van der Waals surface area (Å²) in [5, 5.41) is 5.79. The molecule has 11 heteroatoms. The first kappa shape index (κ1) is 30.4. The Bertz CT molecular complexity index is 1710. The summed E-state index contributed by atoms with van der Waals surface area (Å²) in [4.78, 5) is 52.7. The molecule has 0 spiro atoms. The number of hydrogen-bond acceptors (Lipinski definition) is 5. The van der Waals surface area contributed by atoms with Crippen molar-refractivity contribution in [2.24, 2.45) is 0 Å². The van der Waals surface area contributed by atoms with Gasteiger partial charge in [0.1, 0.15) is 23.5 Å². The fourth-order valence-corrected chi connectivity index (χ4v) is 6.36. The summed E-state index contributed by atoms with van der Waals surface area (Å²) in [5.74, 6) is -0.850. The van der Waals surface area contributed by atoms with Crippen LogP contribution in [0, 0.1) is 11.6 Å². The van der Waals surface area contributed by atoms with Gasteiger partial charge in [-0.1, -0.05) is 36.4 Å². The van der Waals surface area contributed by atoms with Crippen LogP contribution in [-0.2, 0) is 20.8 Å². The molecular weight excluding hydrogens is 578 g/mol. The van der Waals surface area contributed by atoms with Crippen molar-refractivity contribution >= 4 is 28.8 Å². The Kier molecular flexibility index (Phi) is 8.62. The Morgan fingerprint density at radius 1 is 1.00 bits per heavy atom. The van der Waals surface area contributed by atoms with E-state index in [1.807, 2.05) is 23.1 Å². The number of carbonyl (C=O) groups is 3. The van der Waals surface area contributed by atoms with E-state index in [9.17, 15) is 23.2 Å². The molecule has 2 fully saturated rings. The van der Waals surface area contributed by atoms with E-state index in [1.54, 1.807) is 43.1 Å². The van der Waals surface area contributed by atoms with Gasteiger partial charge in [-0.25, -0.2) is 13.8 Å². The predicted molar refractivity (Wildman–Crippen MR) is 166 cm³/mol. The maximum atomic E-state index is 14.3. The molecule has 9 nitrogen and oxygen atoms in total. The molecule has 3 N–H and O–H groups in total. The van der Waals surface area contributed by atoms with E-state index in [4.69, 9.17) is 4.98 Å². The highest BCUT2D eigenvalue weighted by Gasteiger charge is 2.44. The lowest BCUT2D eigenvalue weighted by Gasteiger charge is -2.39. The van der Waals surface area contributed by atoms with Crippen molar-refractivity contribution < 1.29 is 23.2 Å². The molecule has 0 unspecified atom stereocenters. The minimum Gasteiger partial charge on any atom is -0.341 e. The number of aromatic nitrogens is 2. The van der Waals surface area contributed by atoms with Crippen molar-refractivity contribution in [2.75, 3.05) is 20.1 Å². The molecule has 3 aromatic carbocycles. The van der Waals surface area contributed by atoms with Crippen molar-refractivity contribution in [1.29, 1.82) is 0 Å². The standard InChI is InChI=1S/C34H36F2N6O3/c1-20(37-2)33(44)39-28-19-41(30(43)18-21-6-10-23(35)11-7-21)17-16-25-14-15-29(42(25)34(28)45)32-38-27-5-3-4-26(31(27)40-32)22-8-12-24(36)13-9-22/h3-13,20,25,28-29,37H,14-19H2,1-2H3,(H,38,40)(H,39,44)/t20-,25+,28-,29-/m0/s1. The van der Waals surface area contributed by atoms with E-state index in [1.165, 1.54) is 24.3 Å². The zero-order valence-corrected chi connectivity index (χ0v) is 25.2. The molecule has 1 aromatic heterocycles. The van der Waals surface area contributed by atoms with Crippen molar-refractivity contribution in [2.45, 2.75) is 56.8 Å². The number of likely N-dealkylation sites (N-methyl/N-ethyl adjacent to an activating group) is 1. The van der Waals surface area contributed by atoms with Crippen LogP contribution in [0.2, 0.25) is 0 Å². The van der Waals surface area contributed by atoms with E-state index in [-0.39, 0.29) is 54.4 Å². The molecule has 0 aliphatic carbocycles. The van der Waals surface area contributed by atoms with Crippen molar-refractivity contribution in [3.05, 3.63) is 89.8 Å². The first-order valence-electron chi connectivity index (χ1n) is 15.3. The van der Waals surface area contributed by atoms with Crippen LogP contribution in [0.4, 0.5) is 8.78 Å². The van der Waals surface area contributed by atoms with Crippen LogP contribution < -0.4 is 10.6 Å². The van der Waals surface area contributed by atoms with Crippen molar-refractivity contribution in [3.63, 3.8) is 0 Å². The SMILES string of the molecule is CN[C@@H](C)C(=O)N[C@H]1CN(C(=O)Cc2ccc(F)cc2)CC[C@H]2CC[C@@H](c3nc4c(-c5ccc(F)cc5)cccc4[nH]3)N2C1=O. The van der Waals surface area contributed by atoms with E-state index in [0.717, 1.165) is 22.2 Å². The fraction of sp³-hybridized carbons (Fsp3) is 0.353. The number of nitrogens with one attached hydrogen (secondary N) is 3. The van der Waals surface area contributed by atoms with Crippen LogP contribution in [0.3, 0.4) is 0 Å². The summed E-state index contributed by atoms with van der Waals surface area (Å²) in [7, 11) is 1.66. The maximum Gasteiger partial charge on any atom is 0.247 e. The average Bonchev–Trinajstić information content (AvgIpc) is 3.66. The number of amides is 3.